The second-order valence-corrected chi connectivity index (χ2v) is 5.37. The van der Waals surface area contributed by atoms with Crippen LogP contribution in [0.25, 0.3) is 0 Å². The lowest BCUT2D eigenvalue weighted by molar-refractivity contribution is 0.0345. The standard InChI is InChI=1S/C14H30N2O/c1-5-7-14-10-15-13(6-2)11-16(14)8-9-17-12(3)4/h12-15H,5-11H2,1-4H3. The number of hydrogen-bond donors (Lipinski definition) is 1. The van der Waals surface area contributed by atoms with E-state index in [1.807, 2.05) is 0 Å². The largest absolute Gasteiger partial charge is 0.377 e. The van der Waals surface area contributed by atoms with Crippen LogP contribution in [0.3, 0.4) is 0 Å². The molecule has 0 aromatic heterocycles. The number of piperazine rings is 1. The van der Waals surface area contributed by atoms with Crippen LogP contribution in [-0.2, 0) is 4.74 Å². The van der Waals surface area contributed by atoms with Gasteiger partial charge >= 0.3 is 0 Å². The van der Waals surface area contributed by atoms with Gasteiger partial charge in [0.2, 0.25) is 0 Å². The van der Waals surface area contributed by atoms with Crippen LogP contribution in [-0.4, -0.2) is 49.3 Å². The Hall–Kier alpha value is -0.120. The van der Waals surface area contributed by atoms with E-state index in [1.165, 1.54) is 25.8 Å². The summed E-state index contributed by atoms with van der Waals surface area (Å²) < 4.78 is 5.68. The zero-order valence-corrected chi connectivity index (χ0v) is 12.0. The van der Waals surface area contributed by atoms with Gasteiger partial charge in [0.25, 0.3) is 0 Å². The van der Waals surface area contributed by atoms with E-state index in [0.717, 1.165) is 19.7 Å². The molecule has 0 bridgehead atoms. The van der Waals surface area contributed by atoms with Gasteiger partial charge in [-0.15, -0.1) is 0 Å². The van der Waals surface area contributed by atoms with Crippen molar-refractivity contribution in [1.29, 1.82) is 0 Å². The molecule has 1 aliphatic rings. The van der Waals surface area contributed by atoms with E-state index in [2.05, 4.69) is 37.9 Å². The maximum Gasteiger partial charge on any atom is 0.0597 e. The fraction of sp³-hybridized carbons (Fsp3) is 1.00. The predicted octanol–water partition coefficient (Wildman–Crippen LogP) is 2.26. The lowest BCUT2D eigenvalue weighted by Gasteiger charge is -2.40. The van der Waals surface area contributed by atoms with Crippen molar-refractivity contribution >= 4 is 0 Å². The van der Waals surface area contributed by atoms with Crippen molar-refractivity contribution in [2.75, 3.05) is 26.2 Å². The fourth-order valence-corrected chi connectivity index (χ4v) is 2.50. The summed E-state index contributed by atoms with van der Waals surface area (Å²) in [6.07, 6.45) is 4.14. The lowest BCUT2D eigenvalue weighted by atomic mass is 10.0. The molecule has 1 rings (SSSR count). The smallest absolute Gasteiger partial charge is 0.0597 e. The van der Waals surface area contributed by atoms with Gasteiger partial charge in [0.05, 0.1) is 12.7 Å². The van der Waals surface area contributed by atoms with Crippen LogP contribution in [0.2, 0.25) is 0 Å². The molecule has 0 aromatic rings. The minimum absolute atomic E-state index is 0.351. The molecule has 1 N–H and O–H groups in total. The molecule has 0 amide bonds. The number of rotatable bonds is 7. The van der Waals surface area contributed by atoms with Gasteiger partial charge in [0.15, 0.2) is 0 Å². The minimum atomic E-state index is 0.351. The van der Waals surface area contributed by atoms with Crippen LogP contribution < -0.4 is 5.32 Å². The number of ether oxygens (including phenoxy) is 1. The zero-order valence-electron chi connectivity index (χ0n) is 12.0. The van der Waals surface area contributed by atoms with Gasteiger partial charge in [-0.25, -0.2) is 0 Å². The second kappa shape index (κ2) is 8.06. The Bertz CT molecular complexity index is 197. The molecule has 1 heterocycles. The zero-order chi connectivity index (χ0) is 12.7. The molecule has 0 aromatic carbocycles. The highest BCUT2D eigenvalue weighted by molar-refractivity contribution is 4.85. The van der Waals surface area contributed by atoms with Gasteiger partial charge in [0.1, 0.15) is 0 Å². The van der Waals surface area contributed by atoms with Crippen LogP contribution in [0.5, 0.6) is 0 Å². The molecular formula is C14H30N2O. The Kier molecular flexibility index (Phi) is 7.09. The quantitative estimate of drug-likeness (QED) is 0.741. The van der Waals surface area contributed by atoms with Crippen molar-refractivity contribution in [3.05, 3.63) is 0 Å². The van der Waals surface area contributed by atoms with Gasteiger partial charge in [-0.3, -0.25) is 4.90 Å². The SMILES string of the molecule is CCCC1CNC(CC)CN1CCOC(C)C. The third-order valence-electron chi connectivity index (χ3n) is 3.56. The van der Waals surface area contributed by atoms with E-state index in [4.69, 9.17) is 4.74 Å². The summed E-state index contributed by atoms with van der Waals surface area (Å²) in [5.74, 6) is 0. The van der Waals surface area contributed by atoms with Gasteiger partial charge in [-0.05, 0) is 26.7 Å². The molecule has 3 nitrogen and oxygen atoms in total. The lowest BCUT2D eigenvalue weighted by Crippen LogP contribution is -2.56. The van der Waals surface area contributed by atoms with Crippen molar-refractivity contribution in [1.82, 2.24) is 10.2 Å². The first-order valence-electron chi connectivity index (χ1n) is 7.26. The van der Waals surface area contributed by atoms with Crippen molar-refractivity contribution in [2.24, 2.45) is 0 Å². The highest BCUT2D eigenvalue weighted by atomic mass is 16.5. The van der Waals surface area contributed by atoms with Gasteiger partial charge in [-0.2, -0.15) is 0 Å². The highest BCUT2D eigenvalue weighted by Gasteiger charge is 2.25. The van der Waals surface area contributed by atoms with E-state index < -0.39 is 0 Å². The van der Waals surface area contributed by atoms with Crippen molar-refractivity contribution < 1.29 is 4.74 Å². The van der Waals surface area contributed by atoms with E-state index in [0.29, 0.717) is 18.2 Å². The maximum absolute atomic E-state index is 5.68. The molecule has 17 heavy (non-hydrogen) atoms. The van der Waals surface area contributed by atoms with Crippen molar-refractivity contribution in [2.45, 2.75) is 65.1 Å². The molecule has 1 aliphatic heterocycles. The summed E-state index contributed by atoms with van der Waals surface area (Å²) >= 11 is 0. The molecule has 0 radical (unpaired) electrons. The summed E-state index contributed by atoms with van der Waals surface area (Å²) in [6, 6.07) is 1.38. The first-order valence-corrected chi connectivity index (χ1v) is 7.26. The van der Waals surface area contributed by atoms with E-state index >= 15 is 0 Å². The number of nitrogens with zero attached hydrogens (tertiary/aromatic N) is 1. The summed E-state index contributed by atoms with van der Waals surface area (Å²) in [6.45, 7) is 13.0. The van der Waals surface area contributed by atoms with E-state index in [9.17, 15) is 0 Å². The van der Waals surface area contributed by atoms with Gasteiger partial charge in [-0.1, -0.05) is 20.3 Å². The van der Waals surface area contributed by atoms with Crippen LogP contribution in [0, 0.1) is 0 Å². The topological polar surface area (TPSA) is 24.5 Å². The van der Waals surface area contributed by atoms with Gasteiger partial charge < -0.3 is 10.1 Å². The Labute approximate surface area is 107 Å². The third kappa shape index (κ3) is 5.36. The first-order chi connectivity index (χ1) is 8.17. The van der Waals surface area contributed by atoms with Crippen LogP contribution >= 0.6 is 0 Å². The fourth-order valence-electron chi connectivity index (χ4n) is 2.50. The molecular weight excluding hydrogens is 212 g/mol. The highest BCUT2D eigenvalue weighted by Crippen LogP contribution is 2.13. The Balaban J connectivity index is 2.37. The number of hydrogen-bond acceptors (Lipinski definition) is 3. The molecule has 3 heteroatoms. The van der Waals surface area contributed by atoms with E-state index in [-0.39, 0.29) is 0 Å². The van der Waals surface area contributed by atoms with Crippen LogP contribution in [0.1, 0.15) is 47.0 Å². The summed E-state index contributed by atoms with van der Waals surface area (Å²) in [5.41, 5.74) is 0. The third-order valence-corrected chi connectivity index (χ3v) is 3.56. The molecule has 2 atom stereocenters. The average Bonchev–Trinajstić information content (AvgIpc) is 2.31. The molecule has 1 saturated heterocycles. The van der Waals surface area contributed by atoms with Crippen LogP contribution in [0.15, 0.2) is 0 Å². The first kappa shape index (κ1) is 14.9. The molecule has 0 saturated carbocycles. The number of nitrogens with one attached hydrogen (secondary N) is 1. The van der Waals surface area contributed by atoms with Crippen molar-refractivity contribution in [3.8, 4) is 0 Å². The van der Waals surface area contributed by atoms with Gasteiger partial charge in [0, 0.05) is 31.7 Å². The monoisotopic (exact) mass is 242 g/mol. The average molecular weight is 242 g/mol. The molecule has 1 fully saturated rings. The van der Waals surface area contributed by atoms with Crippen LogP contribution in [0.4, 0.5) is 0 Å². The Morgan fingerprint density at radius 2 is 2.12 bits per heavy atom. The summed E-state index contributed by atoms with van der Waals surface area (Å²) in [5, 5.41) is 3.65. The summed E-state index contributed by atoms with van der Waals surface area (Å²) in [7, 11) is 0. The molecule has 0 spiro atoms. The van der Waals surface area contributed by atoms with E-state index in [1.54, 1.807) is 0 Å². The second-order valence-electron chi connectivity index (χ2n) is 5.37. The molecule has 0 aliphatic carbocycles. The molecule has 102 valence electrons. The summed E-state index contributed by atoms with van der Waals surface area (Å²) in [4.78, 5) is 2.62. The predicted molar refractivity (Wildman–Crippen MR) is 73.4 cm³/mol. The Morgan fingerprint density at radius 3 is 2.71 bits per heavy atom. The normalized spacial score (nSPS) is 26.6. The van der Waals surface area contributed by atoms with Crippen molar-refractivity contribution in [3.63, 3.8) is 0 Å². The Morgan fingerprint density at radius 1 is 1.35 bits per heavy atom. The minimum Gasteiger partial charge on any atom is -0.377 e. The maximum atomic E-state index is 5.68. The molecule has 2 unspecified atom stereocenters.